The van der Waals surface area contributed by atoms with Gasteiger partial charge in [0.1, 0.15) is 13.2 Å². The van der Waals surface area contributed by atoms with Crippen molar-refractivity contribution in [3.8, 4) is 11.5 Å². The van der Waals surface area contributed by atoms with Gasteiger partial charge in [-0.05, 0) is 60.2 Å². The van der Waals surface area contributed by atoms with Gasteiger partial charge >= 0.3 is 0 Å². The van der Waals surface area contributed by atoms with Crippen LogP contribution in [-0.2, 0) is 4.79 Å². The molecule has 0 radical (unpaired) electrons. The molecule has 2 aliphatic rings. The maximum atomic E-state index is 12.4. The molecule has 0 saturated heterocycles. The summed E-state index contributed by atoms with van der Waals surface area (Å²) in [7, 11) is 0. The Labute approximate surface area is 157 Å². The van der Waals surface area contributed by atoms with E-state index < -0.39 is 0 Å². The predicted octanol–water partition coefficient (Wildman–Crippen LogP) is 4.39. The molecule has 1 atom stereocenters. The number of rotatable bonds is 5. The monoisotopic (exact) mass is 369 g/mol. The number of benzene rings is 2. The quantitative estimate of drug-likeness (QED) is 0.795. The third-order valence-electron chi connectivity index (χ3n) is 4.59. The number of ether oxygens (including phenoxy) is 2. The topological polar surface area (TPSA) is 47.6 Å². The van der Waals surface area contributed by atoms with Crippen molar-refractivity contribution >= 4 is 23.6 Å². The number of amides is 1. The summed E-state index contributed by atoms with van der Waals surface area (Å²) in [5.74, 6) is 1.88. The highest BCUT2D eigenvalue weighted by molar-refractivity contribution is 6.30. The van der Waals surface area contributed by atoms with Crippen LogP contribution in [0.25, 0.3) is 6.08 Å². The Kier molecular flexibility index (Phi) is 4.85. The van der Waals surface area contributed by atoms with Crippen molar-refractivity contribution < 1.29 is 14.3 Å². The Morgan fingerprint density at radius 1 is 1.12 bits per heavy atom. The average Bonchev–Trinajstić information content (AvgIpc) is 3.49. The molecule has 1 N–H and O–H groups in total. The fourth-order valence-electron chi connectivity index (χ4n) is 3.14. The van der Waals surface area contributed by atoms with Crippen LogP contribution in [0, 0.1) is 5.92 Å². The highest BCUT2D eigenvalue weighted by Gasteiger charge is 2.33. The molecule has 1 unspecified atom stereocenters. The lowest BCUT2D eigenvalue weighted by Gasteiger charge is -2.22. The Balaban J connectivity index is 1.48. The van der Waals surface area contributed by atoms with Gasteiger partial charge in [-0.15, -0.1) is 0 Å². The first-order valence-electron chi connectivity index (χ1n) is 8.83. The van der Waals surface area contributed by atoms with Crippen molar-refractivity contribution in [2.45, 2.75) is 18.9 Å². The van der Waals surface area contributed by atoms with Crippen molar-refractivity contribution in [3.05, 3.63) is 64.7 Å². The second kappa shape index (κ2) is 7.42. The Bertz CT molecular complexity index is 845. The van der Waals surface area contributed by atoms with E-state index in [1.165, 1.54) is 0 Å². The number of hydrogen-bond acceptors (Lipinski definition) is 3. The molecule has 0 bridgehead atoms. The third kappa shape index (κ3) is 4.02. The third-order valence-corrected chi connectivity index (χ3v) is 4.83. The number of carbonyl (C=O) groups is 1. The van der Waals surface area contributed by atoms with E-state index in [1.54, 1.807) is 12.2 Å². The maximum absolute atomic E-state index is 12.4. The molecule has 4 rings (SSSR count). The average molecular weight is 370 g/mol. The summed E-state index contributed by atoms with van der Waals surface area (Å²) in [6.07, 6.45) is 5.57. The molecule has 134 valence electrons. The van der Waals surface area contributed by atoms with E-state index >= 15 is 0 Å². The van der Waals surface area contributed by atoms with Gasteiger partial charge in [0.2, 0.25) is 5.91 Å². The Hall–Kier alpha value is -2.46. The minimum Gasteiger partial charge on any atom is -0.486 e. The predicted molar refractivity (Wildman–Crippen MR) is 102 cm³/mol. The van der Waals surface area contributed by atoms with E-state index in [9.17, 15) is 4.79 Å². The van der Waals surface area contributed by atoms with Crippen molar-refractivity contribution in [3.63, 3.8) is 0 Å². The zero-order chi connectivity index (χ0) is 17.9. The van der Waals surface area contributed by atoms with E-state index in [4.69, 9.17) is 21.1 Å². The molecule has 1 saturated carbocycles. The molecule has 26 heavy (non-hydrogen) atoms. The first-order chi connectivity index (χ1) is 12.7. The second-order valence-electron chi connectivity index (χ2n) is 6.62. The van der Waals surface area contributed by atoms with Crippen LogP contribution in [-0.4, -0.2) is 19.1 Å². The van der Waals surface area contributed by atoms with Crippen molar-refractivity contribution in [1.82, 2.24) is 5.32 Å². The lowest BCUT2D eigenvalue weighted by Crippen LogP contribution is -2.28. The van der Waals surface area contributed by atoms with Crippen LogP contribution in [0.15, 0.2) is 48.5 Å². The van der Waals surface area contributed by atoms with E-state index in [1.807, 2.05) is 42.5 Å². The molecular weight excluding hydrogens is 350 g/mol. The minimum absolute atomic E-state index is 0.0117. The molecule has 0 spiro atoms. The second-order valence-corrected chi connectivity index (χ2v) is 7.05. The lowest BCUT2D eigenvalue weighted by molar-refractivity contribution is -0.117. The standard InChI is InChI=1S/C21H20ClNO3/c22-17-3-1-2-14(12-17)4-9-20(24)23-21(15-5-6-15)16-7-8-18-19(13-16)26-11-10-25-18/h1-4,7-9,12-13,15,21H,5-6,10-11H2,(H,23,24)/b9-4+. The van der Waals surface area contributed by atoms with E-state index in [0.717, 1.165) is 35.5 Å². The van der Waals surface area contributed by atoms with Gasteiger partial charge in [0.25, 0.3) is 0 Å². The maximum Gasteiger partial charge on any atom is 0.244 e. The van der Waals surface area contributed by atoms with Crippen LogP contribution in [0.1, 0.15) is 30.0 Å². The fraction of sp³-hybridized carbons (Fsp3) is 0.286. The van der Waals surface area contributed by atoms with Crippen molar-refractivity contribution in [1.29, 1.82) is 0 Å². The Morgan fingerprint density at radius 3 is 2.69 bits per heavy atom. The fourth-order valence-corrected chi connectivity index (χ4v) is 3.34. The van der Waals surface area contributed by atoms with Crippen LogP contribution < -0.4 is 14.8 Å². The highest BCUT2D eigenvalue weighted by atomic mass is 35.5. The van der Waals surface area contributed by atoms with Crippen LogP contribution in [0.4, 0.5) is 0 Å². The van der Waals surface area contributed by atoms with Gasteiger partial charge in [-0.1, -0.05) is 29.8 Å². The normalized spacial score (nSPS) is 17.1. The van der Waals surface area contributed by atoms with E-state index in [0.29, 0.717) is 24.2 Å². The van der Waals surface area contributed by atoms with Gasteiger partial charge in [-0.2, -0.15) is 0 Å². The van der Waals surface area contributed by atoms with Crippen LogP contribution in [0.5, 0.6) is 11.5 Å². The minimum atomic E-state index is -0.114. The summed E-state index contributed by atoms with van der Waals surface area (Å²) in [5.41, 5.74) is 1.95. The van der Waals surface area contributed by atoms with Crippen LogP contribution >= 0.6 is 11.6 Å². The van der Waals surface area contributed by atoms with Gasteiger partial charge in [0.15, 0.2) is 11.5 Å². The summed E-state index contributed by atoms with van der Waals surface area (Å²) in [6, 6.07) is 13.3. The van der Waals surface area contributed by atoms with Gasteiger partial charge in [0, 0.05) is 11.1 Å². The number of fused-ring (bicyclic) bond motifs is 1. The summed E-state index contributed by atoms with van der Waals surface area (Å²) < 4.78 is 11.3. The molecule has 5 heteroatoms. The number of halogens is 1. The zero-order valence-electron chi connectivity index (χ0n) is 14.3. The number of nitrogens with one attached hydrogen (secondary N) is 1. The molecule has 1 amide bonds. The first-order valence-corrected chi connectivity index (χ1v) is 9.20. The Morgan fingerprint density at radius 2 is 1.92 bits per heavy atom. The van der Waals surface area contributed by atoms with Crippen LogP contribution in [0.3, 0.4) is 0 Å². The van der Waals surface area contributed by atoms with E-state index in [2.05, 4.69) is 5.32 Å². The highest BCUT2D eigenvalue weighted by Crippen LogP contribution is 2.43. The molecule has 1 fully saturated rings. The molecule has 1 aliphatic heterocycles. The van der Waals surface area contributed by atoms with Crippen molar-refractivity contribution in [2.75, 3.05) is 13.2 Å². The van der Waals surface area contributed by atoms with Gasteiger partial charge in [-0.25, -0.2) is 0 Å². The lowest BCUT2D eigenvalue weighted by atomic mass is 10.0. The van der Waals surface area contributed by atoms with Crippen LogP contribution in [0.2, 0.25) is 5.02 Å². The number of carbonyl (C=O) groups excluding carboxylic acids is 1. The smallest absolute Gasteiger partial charge is 0.244 e. The largest absolute Gasteiger partial charge is 0.486 e. The van der Waals surface area contributed by atoms with Gasteiger partial charge < -0.3 is 14.8 Å². The van der Waals surface area contributed by atoms with Gasteiger partial charge in [-0.3, -0.25) is 4.79 Å². The molecule has 1 aliphatic carbocycles. The number of hydrogen-bond donors (Lipinski definition) is 1. The molecular formula is C21H20ClNO3. The summed E-state index contributed by atoms with van der Waals surface area (Å²) >= 11 is 5.98. The SMILES string of the molecule is O=C(/C=C/c1cccc(Cl)c1)NC(c1ccc2c(c1)OCCO2)C1CC1. The van der Waals surface area contributed by atoms with Gasteiger partial charge in [0.05, 0.1) is 6.04 Å². The molecule has 0 aromatic heterocycles. The summed E-state index contributed by atoms with van der Waals surface area (Å²) in [5, 5.41) is 3.78. The van der Waals surface area contributed by atoms with Crippen molar-refractivity contribution in [2.24, 2.45) is 5.92 Å². The molecule has 4 nitrogen and oxygen atoms in total. The molecule has 2 aromatic rings. The summed E-state index contributed by atoms with van der Waals surface area (Å²) in [4.78, 5) is 12.4. The van der Waals surface area contributed by atoms with E-state index in [-0.39, 0.29) is 11.9 Å². The zero-order valence-corrected chi connectivity index (χ0v) is 15.0. The molecule has 2 aromatic carbocycles. The first kappa shape index (κ1) is 17.0. The summed E-state index contributed by atoms with van der Waals surface area (Å²) in [6.45, 7) is 1.13. The molecule has 1 heterocycles.